The van der Waals surface area contributed by atoms with Crippen LogP contribution in [0.1, 0.15) is 18.9 Å². The fourth-order valence-corrected chi connectivity index (χ4v) is 3.11. The van der Waals surface area contributed by atoms with Crippen molar-refractivity contribution < 1.29 is 19.1 Å². The molecule has 0 spiro atoms. The van der Waals surface area contributed by atoms with Crippen LogP contribution in [0.15, 0.2) is 26.5 Å². The van der Waals surface area contributed by atoms with Crippen LogP contribution >= 0.6 is 27.7 Å². The lowest BCUT2D eigenvalue weighted by Crippen LogP contribution is -2.26. The lowest BCUT2D eigenvalue weighted by atomic mass is 10.2. The molecule has 22 heavy (non-hydrogen) atoms. The predicted octanol–water partition coefficient (Wildman–Crippen LogP) is 2.67. The standard InChI is InChI=1S/C14H11BrN2O4S/c1-2-12(18)16-14-17-13(19)11(22-14)4-7-3-9-10(5-8(7)15)21-6-20-9/h3-5H,2,6H2,1H3,(H,16,17,18,19)/b11-4+. The number of carbonyl (C=O) groups excluding carboxylic acids is 2. The van der Waals surface area contributed by atoms with Gasteiger partial charge in [-0.2, -0.15) is 4.99 Å². The number of nitrogens with one attached hydrogen (secondary N) is 1. The Balaban J connectivity index is 1.82. The molecule has 2 heterocycles. The normalized spacial score (nSPS) is 17.8. The summed E-state index contributed by atoms with van der Waals surface area (Å²) in [4.78, 5) is 27.5. The van der Waals surface area contributed by atoms with Crippen molar-refractivity contribution in [2.45, 2.75) is 13.3 Å². The van der Waals surface area contributed by atoms with E-state index in [4.69, 9.17) is 9.47 Å². The Kier molecular flexibility index (Phi) is 4.21. The van der Waals surface area contributed by atoms with Gasteiger partial charge in [-0.25, -0.2) is 0 Å². The first-order valence-corrected chi connectivity index (χ1v) is 8.09. The molecule has 0 saturated carbocycles. The summed E-state index contributed by atoms with van der Waals surface area (Å²) in [6, 6.07) is 3.58. The van der Waals surface area contributed by atoms with Crippen molar-refractivity contribution in [2.24, 2.45) is 4.99 Å². The highest BCUT2D eigenvalue weighted by Crippen LogP contribution is 2.39. The average Bonchev–Trinajstić information content (AvgIpc) is 3.06. The molecule has 3 rings (SSSR count). The van der Waals surface area contributed by atoms with Crippen molar-refractivity contribution in [1.82, 2.24) is 5.32 Å². The van der Waals surface area contributed by atoms with E-state index < -0.39 is 0 Å². The molecule has 0 fully saturated rings. The summed E-state index contributed by atoms with van der Waals surface area (Å²) < 4.78 is 11.4. The number of fused-ring (bicyclic) bond motifs is 1. The van der Waals surface area contributed by atoms with E-state index in [0.717, 1.165) is 21.8 Å². The van der Waals surface area contributed by atoms with Crippen LogP contribution in [0.25, 0.3) is 6.08 Å². The number of amides is 2. The molecule has 2 aliphatic heterocycles. The van der Waals surface area contributed by atoms with E-state index in [9.17, 15) is 9.59 Å². The molecule has 8 heteroatoms. The molecule has 114 valence electrons. The molecule has 0 bridgehead atoms. The zero-order valence-electron chi connectivity index (χ0n) is 11.5. The summed E-state index contributed by atoms with van der Waals surface area (Å²) >= 11 is 4.57. The Morgan fingerprint density at radius 2 is 2.18 bits per heavy atom. The number of nitrogens with zero attached hydrogens (tertiary/aromatic N) is 1. The maximum atomic E-state index is 11.9. The molecule has 0 saturated heterocycles. The first kappa shape index (κ1) is 15.1. The third-order valence-corrected chi connectivity index (χ3v) is 4.55. The topological polar surface area (TPSA) is 77.0 Å². The van der Waals surface area contributed by atoms with Crippen LogP contribution in [0.4, 0.5) is 0 Å². The van der Waals surface area contributed by atoms with Crippen LogP contribution < -0.4 is 14.8 Å². The number of amidine groups is 1. The van der Waals surface area contributed by atoms with Crippen molar-refractivity contribution in [3.8, 4) is 11.5 Å². The van der Waals surface area contributed by atoms with Gasteiger partial charge in [0.1, 0.15) is 0 Å². The van der Waals surface area contributed by atoms with Crippen molar-refractivity contribution >= 4 is 50.7 Å². The molecule has 1 aromatic carbocycles. The SMILES string of the molecule is CCC(=O)NC1=NC(=O)/C(=C\c2cc3c(cc2Br)OCO3)S1. The molecular weight excluding hydrogens is 372 g/mol. The fourth-order valence-electron chi connectivity index (χ4n) is 1.86. The highest BCUT2D eigenvalue weighted by atomic mass is 79.9. The van der Waals surface area contributed by atoms with Crippen LogP contribution in [0.3, 0.4) is 0 Å². The number of halogens is 1. The van der Waals surface area contributed by atoms with Gasteiger partial charge in [0.05, 0.1) is 4.91 Å². The molecule has 1 N–H and O–H groups in total. The third kappa shape index (κ3) is 3.02. The van der Waals surface area contributed by atoms with Crippen LogP contribution in [-0.4, -0.2) is 23.8 Å². The Bertz CT molecular complexity index is 730. The molecule has 2 amide bonds. The third-order valence-electron chi connectivity index (χ3n) is 2.97. The van der Waals surface area contributed by atoms with E-state index in [-0.39, 0.29) is 18.6 Å². The second-order valence-electron chi connectivity index (χ2n) is 4.46. The largest absolute Gasteiger partial charge is 0.454 e. The van der Waals surface area contributed by atoms with Gasteiger partial charge in [-0.15, -0.1) is 0 Å². The van der Waals surface area contributed by atoms with Crippen LogP contribution in [0.5, 0.6) is 11.5 Å². The van der Waals surface area contributed by atoms with Gasteiger partial charge in [0.25, 0.3) is 5.91 Å². The Morgan fingerprint density at radius 3 is 2.91 bits per heavy atom. The molecule has 0 aromatic heterocycles. The molecule has 2 aliphatic rings. The molecule has 0 atom stereocenters. The quantitative estimate of drug-likeness (QED) is 0.795. The molecule has 0 radical (unpaired) electrons. The number of carbonyl (C=O) groups is 2. The number of benzene rings is 1. The van der Waals surface area contributed by atoms with Gasteiger partial charge in [-0.1, -0.05) is 22.9 Å². The number of rotatable bonds is 2. The second-order valence-corrected chi connectivity index (χ2v) is 6.35. The van der Waals surface area contributed by atoms with Crippen molar-refractivity contribution in [3.63, 3.8) is 0 Å². The minimum atomic E-state index is -0.374. The number of ether oxygens (including phenoxy) is 2. The Morgan fingerprint density at radius 1 is 1.45 bits per heavy atom. The summed E-state index contributed by atoms with van der Waals surface area (Å²) in [5, 5.41) is 2.89. The van der Waals surface area contributed by atoms with Gasteiger partial charge >= 0.3 is 0 Å². The van der Waals surface area contributed by atoms with Gasteiger partial charge in [-0.3, -0.25) is 9.59 Å². The Hall–Kier alpha value is -1.80. The van der Waals surface area contributed by atoms with E-state index in [1.807, 2.05) is 0 Å². The smallest absolute Gasteiger partial charge is 0.286 e. The van der Waals surface area contributed by atoms with E-state index in [2.05, 4.69) is 26.2 Å². The van der Waals surface area contributed by atoms with Gasteiger partial charge in [0.2, 0.25) is 12.7 Å². The predicted molar refractivity (Wildman–Crippen MR) is 86.7 cm³/mol. The number of hydrogen-bond acceptors (Lipinski definition) is 5. The van der Waals surface area contributed by atoms with Gasteiger partial charge < -0.3 is 14.8 Å². The van der Waals surface area contributed by atoms with Crippen LogP contribution in [-0.2, 0) is 9.59 Å². The van der Waals surface area contributed by atoms with Crippen molar-refractivity contribution in [1.29, 1.82) is 0 Å². The monoisotopic (exact) mass is 382 g/mol. The van der Waals surface area contributed by atoms with Crippen molar-refractivity contribution in [2.75, 3.05) is 6.79 Å². The van der Waals surface area contributed by atoms with Gasteiger partial charge in [-0.05, 0) is 35.5 Å². The molecular formula is C14H11BrN2O4S. The minimum absolute atomic E-state index is 0.176. The maximum Gasteiger partial charge on any atom is 0.286 e. The highest BCUT2D eigenvalue weighted by molar-refractivity contribution is 9.10. The summed E-state index contributed by atoms with van der Waals surface area (Å²) in [6.07, 6.45) is 2.04. The lowest BCUT2D eigenvalue weighted by Gasteiger charge is -2.03. The lowest BCUT2D eigenvalue weighted by molar-refractivity contribution is -0.119. The zero-order valence-corrected chi connectivity index (χ0v) is 13.9. The molecule has 6 nitrogen and oxygen atoms in total. The average molecular weight is 383 g/mol. The number of aliphatic imine (C=N–C) groups is 1. The highest BCUT2D eigenvalue weighted by Gasteiger charge is 2.24. The number of hydrogen-bond donors (Lipinski definition) is 1. The van der Waals surface area contributed by atoms with E-state index >= 15 is 0 Å². The molecule has 0 unspecified atom stereocenters. The summed E-state index contributed by atoms with van der Waals surface area (Å²) in [5.74, 6) is 0.739. The maximum absolute atomic E-state index is 11.9. The van der Waals surface area contributed by atoms with Crippen molar-refractivity contribution in [3.05, 3.63) is 27.1 Å². The van der Waals surface area contributed by atoms with Gasteiger partial charge in [0, 0.05) is 10.9 Å². The Labute approximate surface area is 139 Å². The summed E-state index contributed by atoms with van der Waals surface area (Å²) in [6.45, 7) is 1.92. The van der Waals surface area contributed by atoms with Gasteiger partial charge in [0.15, 0.2) is 16.7 Å². The minimum Gasteiger partial charge on any atom is -0.454 e. The van der Waals surface area contributed by atoms with E-state index in [0.29, 0.717) is 28.0 Å². The number of thioether (sulfide) groups is 1. The molecule has 1 aromatic rings. The fraction of sp³-hybridized carbons (Fsp3) is 0.214. The summed E-state index contributed by atoms with van der Waals surface area (Å²) in [7, 11) is 0. The summed E-state index contributed by atoms with van der Waals surface area (Å²) in [5.41, 5.74) is 0.776. The second kappa shape index (κ2) is 6.13. The first-order chi connectivity index (χ1) is 10.6. The van der Waals surface area contributed by atoms with Crippen LogP contribution in [0, 0.1) is 0 Å². The zero-order chi connectivity index (χ0) is 15.7. The first-order valence-electron chi connectivity index (χ1n) is 6.48. The van der Waals surface area contributed by atoms with E-state index in [1.165, 1.54) is 0 Å². The van der Waals surface area contributed by atoms with Crippen LogP contribution in [0.2, 0.25) is 0 Å². The molecule has 0 aliphatic carbocycles. The van der Waals surface area contributed by atoms with E-state index in [1.54, 1.807) is 25.1 Å².